The first-order chi connectivity index (χ1) is 11.6. The van der Waals surface area contributed by atoms with E-state index in [1.165, 1.54) is 4.90 Å². The van der Waals surface area contributed by atoms with E-state index in [1.807, 2.05) is 37.3 Å². The summed E-state index contributed by atoms with van der Waals surface area (Å²) < 4.78 is 1.66. The number of benzene rings is 1. The van der Waals surface area contributed by atoms with Gasteiger partial charge < -0.3 is 4.84 Å². The number of amides is 2. The maximum atomic E-state index is 12.8. The zero-order chi connectivity index (χ0) is 16.8. The summed E-state index contributed by atoms with van der Waals surface area (Å²) in [5, 5.41) is 8.27. The van der Waals surface area contributed by atoms with Crippen molar-refractivity contribution in [3.63, 3.8) is 0 Å². The topological polar surface area (TPSA) is 76.8 Å². The molecule has 1 aromatic heterocycles. The Balaban J connectivity index is 1.64. The number of imide groups is 1. The van der Waals surface area contributed by atoms with Gasteiger partial charge in [-0.1, -0.05) is 35.5 Å². The molecule has 0 bridgehead atoms. The Morgan fingerprint density at radius 3 is 2.58 bits per heavy atom. The van der Waals surface area contributed by atoms with Gasteiger partial charge in [-0.05, 0) is 12.5 Å². The van der Waals surface area contributed by atoms with Gasteiger partial charge in [0.05, 0.1) is 12.2 Å². The van der Waals surface area contributed by atoms with Crippen LogP contribution >= 0.6 is 0 Å². The predicted molar refractivity (Wildman–Crippen MR) is 84.8 cm³/mol. The molecular weight excluding hydrogens is 308 g/mol. The lowest BCUT2D eigenvalue weighted by Gasteiger charge is -2.15. The van der Waals surface area contributed by atoms with E-state index in [1.54, 1.807) is 17.9 Å². The molecule has 1 fully saturated rings. The summed E-state index contributed by atoms with van der Waals surface area (Å²) in [5.41, 5.74) is 2.88. The van der Waals surface area contributed by atoms with Crippen LogP contribution < -0.4 is 0 Å². The number of nitrogens with zero attached hydrogens (tertiary/aromatic N) is 4. The maximum Gasteiger partial charge on any atom is 0.274 e. The first-order valence-corrected chi connectivity index (χ1v) is 7.69. The maximum absolute atomic E-state index is 12.8. The van der Waals surface area contributed by atoms with Crippen molar-refractivity contribution in [2.45, 2.75) is 19.6 Å². The van der Waals surface area contributed by atoms with Crippen LogP contribution in [-0.2, 0) is 28.0 Å². The highest BCUT2D eigenvalue weighted by atomic mass is 16.6. The molecular formula is C17H16N4O3. The van der Waals surface area contributed by atoms with Crippen molar-refractivity contribution in [3.05, 3.63) is 53.3 Å². The van der Waals surface area contributed by atoms with Gasteiger partial charge in [-0.3, -0.25) is 19.2 Å². The third-order valence-electron chi connectivity index (χ3n) is 4.38. The zero-order valence-corrected chi connectivity index (χ0v) is 13.3. The molecule has 2 amide bonds. The minimum absolute atomic E-state index is 0.244. The first kappa shape index (κ1) is 14.6. The summed E-state index contributed by atoms with van der Waals surface area (Å²) in [6, 6.07) is 9.42. The molecule has 0 radical (unpaired) electrons. The Bertz CT molecular complexity index is 856. The standard InChI is InChI=1S/C17H16N4O3/c1-10-12(9-20(2)18-10)14-13-15(24-19-14)17(23)21(16(13)22)8-11-6-4-3-5-7-11/h3-7,9,13,15H,8H2,1-2H3/t13-,15-/m0/s1. The summed E-state index contributed by atoms with van der Waals surface area (Å²) in [4.78, 5) is 31.9. The highest BCUT2D eigenvalue weighted by Crippen LogP contribution is 2.33. The number of hydrogen-bond acceptors (Lipinski definition) is 5. The number of carbonyl (C=O) groups excluding carboxylic acids is 2. The molecule has 3 heterocycles. The number of oxime groups is 1. The number of likely N-dealkylation sites (tertiary alicyclic amines) is 1. The largest absolute Gasteiger partial charge is 0.381 e. The molecule has 2 aromatic rings. The Labute approximate surface area is 138 Å². The molecule has 2 aliphatic rings. The number of carbonyl (C=O) groups is 2. The monoisotopic (exact) mass is 324 g/mol. The van der Waals surface area contributed by atoms with E-state index >= 15 is 0 Å². The number of aromatic nitrogens is 2. The van der Waals surface area contributed by atoms with Gasteiger partial charge in [-0.2, -0.15) is 5.10 Å². The van der Waals surface area contributed by atoms with Gasteiger partial charge in [0.2, 0.25) is 12.0 Å². The van der Waals surface area contributed by atoms with Gasteiger partial charge in [0.1, 0.15) is 11.6 Å². The Kier molecular flexibility index (Phi) is 3.23. The van der Waals surface area contributed by atoms with Gasteiger partial charge >= 0.3 is 0 Å². The van der Waals surface area contributed by atoms with Gasteiger partial charge in [0, 0.05) is 18.8 Å². The fraction of sp³-hybridized carbons (Fsp3) is 0.294. The second-order valence-corrected chi connectivity index (χ2v) is 6.03. The highest BCUT2D eigenvalue weighted by Gasteiger charge is 2.55. The fourth-order valence-electron chi connectivity index (χ4n) is 3.23. The number of hydrogen-bond donors (Lipinski definition) is 0. The van der Waals surface area contributed by atoms with Crippen molar-refractivity contribution >= 4 is 17.5 Å². The molecule has 2 aliphatic heterocycles. The van der Waals surface area contributed by atoms with Crippen molar-refractivity contribution < 1.29 is 14.4 Å². The van der Waals surface area contributed by atoms with Crippen LogP contribution in [-0.4, -0.2) is 38.3 Å². The van der Waals surface area contributed by atoms with Crippen molar-refractivity contribution in [2.75, 3.05) is 0 Å². The van der Waals surface area contributed by atoms with E-state index in [0.717, 1.165) is 16.8 Å². The third kappa shape index (κ3) is 2.12. The van der Waals surface area contributed by atoms with Crippen molar-refractivity contribution in [3.8, 4) is 0 Å². The first-order valence-electron chi connectivity index (χ1n) is 7.69. The Morgan fingerprint density at radius 1 is 1.17 bits per heavy atom. The summed E-state index contributed by atoms with van der Waals surface area (Å²) in [6.45, 7) is 2.09. The average molecular weight is 324 g/mol. The molecule has 4 rings (SSSR count). The van der Waals surface area contributed by atoms with Crippen LogP contribution in [0.5, 0.6) is 0 Å². The van der Waals surface area contributed by atoms with Crippen LogP contribution in [0.3, 0.4) is 0 Å². The molecule has 1 saturated heterocycles. The van der Waals surface area contributed by atoms with Crippen LogP contribution in [0.4, 0.5) is 0 Å². The van der Waals surface area contributed by atoms with Crippen LogP contribution in [0.1, 0.15) is 16.8 Å². The van der Waals surface area contributed by atoms with E-state index in [9.17, 15) is 9.59 Å². The van der Waals surface area contributed by atoms with E-state index in [2.05, 4.69) is 10.3 Å². The predicted octanol–water partition coefficient (Wildman–Crippen LogP) is 1.02. The summed E-state index contributed by atoms with van der Waals surface area (Å²) in [5.74, 6) is -1.30. The van der Waals surface area contributed by atoms with Crippen LogP contribution in [0.2, 0.25) is 0 Å². The SMILES string of the molecule is Cc1nn(C)cc1C1=NO[C@@H]2C(=O)N(Cc3ccccc3)C(=O)[C@@H]12. The second kappa shape index (κ2) is 5.30. The van der Waals surface area contributed by atoms with Gasteiger partial charge in [0.15, 0.2) is 0 Å². The molecule has 0 spiro atoms. The summed E-state index contributed by atoms with van der Waals surface area (Å²) >= 11 is 0. The number of fused-ring (bicyclic) bond motifs is 1. The minimum atomic E-state index is -0.865. The molecule has 2 atom stereocenters. The highest BCUT2D eigenvalue weighted by molar-refractivity contribution is 6.23. The smallest absolute Gasteiger partial charge is 0.274 e. The minimum Gasteiger partial charge on any atom is -0.381 e. The van der Waals surface area contributed by atoms with Gasteiger partial charge in [0.25, 0.3) is 5.91 Å². The normalized spacial score (nSPS) is 22.6. The molecule has 122 valence electrons. The lowest BCUT2D eigenvalue weighted by atomic mass is 9.94. The van der Waals surface area contributed by atoms with Crippen molar-refractivity contribution in [1.29, 1.82) is 0 Å². The van der Waals surface area contributed by atoms with E-state index < -0.39 is 12.0 Å². The van der Waals surface area contributed by atoms with Crippen LogP contribution in [0, 0.1) is 12.8 Å². The fourth-order valence-corrected chi connectivity index (χ4v) is 3.23. The summed E-state index contributed by atoms with van der Waals surface area (Å²) in [6.07, 6.45) is 0.924. The number of rotatable bonds is 3. The van der Waals surface area contributed by atoms with Gasteiger partial charge in [-0.25, -0.2) is 0 Å². The molecule has 0 N–H and O–H groups in total. The lowest BCUT2D eigenvalue weighted by Crippen LogP contribution is -2.32. The molecule has 0 saturated carbocycles. The van der Waals surface area contributed by atoms with Gasteiger partial charge in [-0.15, -0.1) is 0 Å². The molecule has 24 heavy (non-hydrogen) atoms. The molecule has 1 aromatic carbocycles. The Hall–Kier alpha value is -2.96. The van der Waals surface area contributed by atoms with Crippen LogP contribution in [0.15, 0.2) is 41.7 Å². The van der Waals surface area contributed by atoms with Crippen molar-refractivity contribution in [2.24, 2.45) is 18.1 Å². The summed E-state index contributed by atoms with van der Waals surface area (Å²) in [7, 11) is 1.80. The van der Waals surface area contributed by atoms with Crippen molar-refractivity contribution in [1.82, 2.24) is 14.7 Å². The molecule has 7 heteroatoms. The van der Waals surface area contributed by atoms with E-state index in [0.29, 0.717) is 5.71 Å². The second-order valence-electron chi connectivity index (χ2n) is 6.03. The van der Waals surface area contributed by atoms with Crippen LogP contribution in [0.25, 0.3) is 0 Å². The molecule has 0 aliphatic carbocycles. The number of aryl methyl sites for hydroxylation is 2. The average Bonchev–Trinajstić information content (AvgIpc) is 3.20. The third-order valence-corrected chi connectivity index (χ3v) is 4.38. The molecule has 7 nitrogen and oxygen atoms in total. The molecule has 0 unspecified atom stereocenters. The zero-order valence-electron chi connectivity index (χ0n) is 13.3. The lowest BCUT2D eigenvalue weighted by molar-refractivity contribution is -0.142. The van der Waals surface area contributed by atoms with E-state index in [4.69, 9.17) is 4.84 Å². The van der Waals surface area contributed by atoms with E-state index in [-0.39, 0.29) is 18.4 Å². The quantitative estimate of drug-likeness (QED) is 0.790. The Morgan fingerprint density at radius 2 is 1.92 bits per heavy atom.